The van der Waals surface area contributed by atoms with Crippen molar-refractivity contribution < 1.29 is 9.90 Å². The number of rotatable bonds is 4. The first-order valence-corrected chi connectivity index (χ1v) is 4.60. The quantitative estimate of drug-likeness (QED) is 0.599. The van der Waals surface area contributed by atoms with Crippen LogP contribution in [0.3, 0.4) is 0 Å². The minimum Gasteiger partial charge on any atom is -0.396 e. The molecule has 3 unspecified atom stereocenters. The number of nitrogens with one attached hydrogen (secondary N) is 1. The lowest BCUT2D eigenvalue weighted by atomic mass is 9.98. The second-order valence-corrected chi connectivity index (χ2v) is 3.59. The Hall–Kier alpha value is -0.410. The minimum atomic E-state index is 0.0451. The Morgan fingerprint density at radius 2 is 2.42 bits per heavy atom. The maximum atomic E-state index is 10.5. The van der Waals surface area contributed by atoms with Crippen molar-refractivity contribution >= 4 is 6.29 Å². The zero-order valence-electron chi connectivity index (χ0n) is 7.49. The lowest BCUT2D eigenvalue weighted by molar-refractivity contribution is -0.109. The lowest BCUT2D eigenvalue weighted by Crippen LogP contribution is -2.31. The molecule has 3 atom stereocenters. The number of aliphatic hydroxyl groups is 1. The van der Waals surface area contributed by atoms with Gasteiger partial charge in [0.25, 0.3) is 0 Å². The van der Waals surface area contributed by atoms with Gasteiger partial charge in [0.1, 0.15) is 6.29 Å². The molecular formula is C9H17NO2. The van der Waals surface area contributed by atoms with Crippen LogP contribution in [0.2, 0.25) is 0 Å². The van der Waals surface area contributed by atoms with E-state index in [4.69, 9.17) is 5.11 Å². The molecule has 1 aliphatic rings. The Bertz CT molecular complexity index is 149. The SMILES string of the molecule is CC1CC(C=O)NC1CCCO. The maximum Gasteiger partial charge on any atom is 0.136 e. The number of aldehydes is 1. The second-order valence-electron chi connectivity index (χ2n) is 3.59. The van der Waals surface area contributed by atoms with Crippen molar-refractivity contribution in [3.63, 3.8) is 0 Å². The molecule has 70 valence electrons. The third kappa shape index (κ3) is 2.29. The third-order valence-corrected chi connectivity index (χ3v) is 2.58. The van der Waals surface area contributed by atoms with Crippen molar-refractivity contribution in [2.45, 2.75) is 38.3 Å². The van der Waals surface area contributed by atoms with Gasteiger partial charge >= 0.3 is 0 Å². The van der Waals surface area contributed by atoms with Gasteiger partial charge in [-0.2, -0.15) is 0 Å². The van der Waals surface area contributed by atoms with Crippen molar-refractivity contribution in [1.82, 2.24) is 5.32 Å². The molecule has 0 aromatic rings. The van der Waals surface area contributed by atoms with Gasteiger partial charge in [0.2, 0.25) is 0 Å². The van der Waals surface area contributed by atoms with E-state index in [-0.39, 0.29) is 12.6 Å². The zero-order valence-corrected chi connectivity index (χ0v) is 7.49. The zero-order chi connectivity index (χ0) is 8.97. The summed E-state index contributed by atoms with van der Waals surface area (Å²) in [5.41, 5.74) is 0. The standard InChI is InChI=1S/C9H17NO2/c1-7-5-8(6-12)10-9(7)3-2-4-11/h6-11H,2-5H2,1H3. The fourth-order valence-electron chi connectivity index (χ4n) is 1.85. The summed E-state index contributed by atoms with van der Waals surface area (Å²) in [4.78, 5) is 10.5. The molecule has 0 bridgehead atoms. The molecule has 12 heavy (non-hydrogen) atoms. The third-order valence-electron chi connectivity index (χ3n) is 2.58. The van der Waals surface area contributed by atoms with Crippen LogP contribution in [0, 0.1) is 5.92 Å². The monoisotopic (exact) mass is 171 g/mol. The van der Waals surface area contributed by atoms with Gasteiger partial charge in [-0.25, -0.2) is 0 Å². The molecule has 2 N–H and O–H groups in total. The van der Waals surface area contributed by atoms with E-state index in [9.17, 15) is 4.79 Å². The Kier molecular flexibility index (Phi) is 3.69. The summed E-state index contributed by atoms with van der Waals surface area (Å²) in [7, 11) is 0. The average molecular weight is 171 g/mol. The first-order chi connectivity index (χ1) is 5.77. The molecule has 0 saturated carbocycles. The van der Waals surface area contributed by atoms with E-state index < -0.39 is 0 Å². The molecule has 1 fully saturated rings. The highest BCUT2D eigenvalue weighted by molar-refractivity contribution is 5.58. The van der Waals surface area contributed by atoms with Crippen LogP contribution in [-0.4, -0.2) is 30.1 Å². The second kappa shape index (κ2) is 4.58. The molecule has 0 aliphatic carbocycles. The summed E-state index contributed by atoms with van der Waals surface area (Å²) in [6, 6.07) is 0.469. The predicted octanol–water partition coefficient (Wildman–Crippen LogP) is 0.324. The fraction of sp³-hybridized carbons (Fsp3) is 0.889. The van der Waals surface area contributed by atoms with Crippen LogP contribution in [-0.2, 0) is 4.79 Å². The number of aliphatic hydroxyl groups excluding tert-OH is 1. The summed E-state index contributed by atoms with van der Waals surface area (Å²) in [6.07, 6.45) is 3.73. The number of carbonyl (C=O) groups excluding carboxylic acids is 1. The highest BCUT2D eigenvalue weighted by atomic mass is 16.2. The summed E-state index contributed by atoms with van der Waals surface area (Å²) < 4.78 is 0. The van der Waals surface area contributed by atoms with Gasteiger partial charge < -0.3 is 15.2 Å². The highest BCUT2D eigenvalue weighted by Gasteiger charge is 2.29. The van der Waals surface area contributed by atoms with Gasteiger partial charge in [0.15, 0.2) is 0 Å². The fourth-order valence-corrected chi connectivity index (χ4v) is 1.85. The van der Waals surface area contributed by atoms with Crippen molar-refractivity contribution in [3.8, 4) is 0 Å². The van der Waals surface area contributed by atoms with Gasteiger partial charge in [-0.05, 0) is 25.2 Å². The van der Waals surface area contributed by atoms with E-state index in [1.54, 1.807) is 0 Å². The van der Waals surface area contributed by atoms with Crippen LogP contribution in [0.1, 0.15) is 26.2 Å². The topological polar surface area (TPSA) is 49.3 Å². The molecule has 1 saturated heterocycles. The molecule has 1 rings (SSSR count). The molecule has 0 aromatic carbocycles. The Morgan fingerprint density at radius 1 is 1.67 bits per heavy atom. The largest absolute Gasteiger partial charge is 0.396 e. The van der Waals surface area contributed by atoms with E-state index in [2.05, 4.69) is 12.2 Å². The Labute approximate surface area is 73.2 Å². The predicted molar refractivity (Wildman–Crippen MR) is 46.9 cm³/mol. The van der Waals surface area contributed by atoms with Crippen LogP contribution in [0.15, 0.2) is 0 Å². The van der Waals surface area contributed by atoms with Crippen molar-refractivity contribution in [2.75, 3.05) is 6.61 Å². The summed E-state index contributed by atoms with van der Waals surface area (Å²) in [5, 5.41) is 11.9. The van der Waals surface area contributed by atoms with Gasteiger partial charge in [-0.1, -0.05) is 6.92 Å². The smallest absolute Gasteiger partial charge is 0.136 e. The molecule has 0 amide bonds. The van der Waals surface area contributed by atoms with Gasteiger partial charge in [0, 0.05) is 12.6 Å². The van der Waals surface area contributed by atoms with E-state index in [1.165, 1.54) is 0 Å². The van der Waals surface area contributed by atoms with Gasteiger partial charge in [0.05, 0.1) is 6.04 Å². The van der Waals surface area contributed by atoms with E-state index in [0.717, 1.165) is 25.5 Å². The van der Waals surface area contributed by atoms with Crippen molar-refractivity contribution in [1.29, 1.82) is 0 Å². The number of hydrogen-bond donors (Lipinski definition) is 2. The Morgan fingerprint density at radius 3 is 2.92 bits per heavy atom. The average Bonchev–Trinajstić information content (AvgIpc) is 2.43. The molecule has 0 aromatic heterocycles. The molecular weight excluding hydrogens is 154 g/mol. The molecule has 0 spiro atoms. The van der Waals surface area contributed by atoms with Crippen molar-refractivity contribution in [3.05, 3.63) is 0 Å². The van der Waals surface area contributed by atoms with Gasteiger partial charge in [-0.3, -0.25) is 0 Å². The summed E-state index contributed by atoms with van der Waals surface area (Å²) in [6.45, 7) is 2.40. The van der Waals surface area contributed by atoms with Crippen molar-refractivity contribution in [2.24, 2.45) is 5.92 Å². The van der Waals surface area contributed by atoms with E-state index in [0.29, 0.717) is 12.0 Å². The first-order valence-electron chi connectivity index (χ1n) is 4.60. The molecule has 3 heteroatoms. The highest BCUT2D eigenvalue weighted by Crippen LogP contribution is 2.21. The summed E-state index contributed by atoms with van der Waals surface area (Å²) >= 11 is 0. The number of hydrogen-bond acceptors (Lipinski definition) is 3. The number of carbonyl (C=O) groups is 1. The van der Waals surface area contributed by atoms with E-state index in [1.807, 2.05) is 0 Å². The molecule has 3 nitrogen and oxygen atoms in total. The van der Waals surface area contributed by atoms with E-state index >= 15 is 0 Å². The first kappa shape index (κ1) is 9.68. The maximum absolute atomic E-state index is 10.5. The molecule has 1 heterocycles. The van der Waals surface area contributed by atoms with Crippen LogP contribution < -0.4 is 5.32 Å². The van der Waals surface area contributed by atoms with Crippen LogP contribution in [0.4, 0.5) is 0 Å². The van der Waals surface area contributed by atoms with Crippen LogP contribution in [0.25, 0.3) is 0 Å². The Balaban J connectivity index is 2.30. The normalized spacial score (nSPS) is 35.3. The molecule has 1 aliphatic heterocycles. The van der Waals surface area contributed by atoms with Gasteiger partial charge in [-0.15, -0.1) is 0 Å². The lowest BCUT2D eigenvalue weighted by Gasteiger charge is -2.14. The van der Waals surface area contributed by atoms with Crippen LogP contribution >= 0.6 is 0 Å². The summed E-state index contributed by atoms with van der Waals surface area (Å²) in [5.74, 6) is 0.562. The minimum absolute atomic E-state index is 0.0451. The molecule has 0 radical (unpaired) electrons. The van der Waals surface area contributed by atoms with Crippen LogP contribution in [0.5, 0.6) is 0 Å².